The van der Waals surface area contributed by atoms with Gasteiger partial charge in [-0.3, -0.25) is 14.7 Å². The van der Waals surface area contributed by atoms with Gasteiger partial charge in [-0.25, -0.2) is 4.98 Å². The molecule has 1 aliphatic heterocycles. The zero-order chi connectivity index (χ0) is 25.8. The number of anilines is 2. The van der Waals surface area contributed by atoms with E-state index in [4.69, 9.17) is 16.6 Å². The molecule has 3 heterocycles. The summed E-state index contributed by atoms with van der Waals surface area (Å²) in [7, 11) is 4.19. The van der Waals surface area contributed by atoms with E-state index in [1.165, 1.54) is 0 Å². The molecule has 0 atom stereocenters. The summed E-state index contributed by atoms with van der Waals surface area (Å²) < 4.78 is 0. The number of carbonyl (C=O) groups is 1. The Kier molecular flexibility index (Phi) is 7.69. The van der Waals surface area contributed by atoms with Crippen LogP contribution in [0.15, 0.2) is 60.9 Å². The molecule has 2 N–H and O–H groups in total. The van der Waals surface area contributed by atoms with Gasteiger partial charge >= 0.3 is 0 Å². The smallest absolute Gasteiger partial charge is 0.253 e. The van der Waals surface area contributed by atoms with Crippen LogP contribution in [0.1, 0.15) is 16.8 Å². The monoisotopic (exact) mass is 517 g/mol. The number of aromatic amines is 1. The molecule has 0 spiro atoms. The van der Waals surface area contributed by atoms with Crippen LogP contribution in [0.5, 0.6) is 0 Å². The number of hydrogen-bond donors (Lipinski definition) is 2. The van der Waals surface area contributed by atoms with Crippen molar-refractivity contribution < 1.29 is 4.79 Å². The van der Waals surface area contributed by atoms with Gasteiger partial charge in [0.15, 0.2) is 0 Å². The van der Waals surface area contributed by atoms with Crippen molar-refractivity contribution in [2.24, 2.45) is 0 Å². The molecule has 0 radical (unpaired) electrons. The minimum absolute atomic E-state index is 0.0157. The predicted octanol–water partition coefficient (Wildman–Crippen LogP) is 4.73. The van der Waals surface area contributed by atoms with Crippen LogP contribution in [0.4, 0.5) is 11.5 Å². The van der Waals surface area contributed by atoms with Crippen molar-refractivity contribution in [3.63, 3.8) is 0 Å². The van der Waals surface area contributed by atoms with E-state index < -0.39 is 0 Å². The number of amides is 1. The fourth-order valence-corrected chi connectivity index (χ4v) is 4.85. The lowest BCUT2D eigenvalue weighted by Crippen LogP contribution is -2.49. The molecule has 2 aromatic heterocycles. The molecule has 37 heavy (non-hydrogen) atoms. The molecule has 8 nitrogen and oxygen atoms in total. The molecule has 1 aliphatic rings. The lowest BCUT2D eigenvalue weighted by atomic mass is 10.1. The number of halogens is 1. The maximum absolute atomic E-state index is 13.1. The summed E-state index contributed by atoms with van der Waals surface area (Å²) in [5.41, 5.74) is 3.93. The van der Waals surface area contributed by atoms with Gasteiger partial charge in [-0.1, -0.05) is 29.8 Å². The Balaban J connectivity index is 1.22. The maximum Gasteiger partial charge on any atom is 0.253 e. The largest absolute Gasteiger partial charge is 0.353 e. The van der Waals surface area contributed by atoms with Crippen LogP contribution >= 0.6 is 11.6 Å². The number of rotatable bonds is 8. The van der Waals surface area contributed by atoms with E-state index in [1.807, 2.05) is 35.2 Å². The summed E-state index contributed by atoms with van der Waals surface area (Å²) in [5.74, 6) is 0.588. The van der Waals surface area contributed by atoms with Crippen LogP contribution in [0.25, 0.3) is 22.3 Å². The van der Waals surface area contributed by atoms with Crippen LogP contribution in [0.3, 0.4) is 0 Å². The fourth-order valence-electron chi connectivity index (χ4n) is 4.62. The van der Waals surface area contributed by atoms with E-state index in [2.05, 4.69) is 51.3 Å². The first-order chi connectivity index (χ1) is 18.0. The molecule has 1 fully saturated rings. The standard InChI is InChI=1S/C28H32ClN7O/c1-34(2)10-5-11-35-12-14-36(15-13-35)28(37)21-8-9-24(22(29)16-21)32-27-19-30-18-26(33-27)25-17-20-6-3-4-7-23(20)31-25/h3-4,6-9,16-19,31H,5,10-15H2,1-2H3,(H,32,33). The van der Waals surface area contributed by atoms with Crippen molar-refractivity contribution >= 4 is 39.9 Å². The van der Waals surface area contributed by atoms with Crippen LogP contribution in [-0.2, 0) is 0 Å². The topological polar surface area (TPSA) is 80.4 Å². The minimum atomic E-state index is 0.0157. The molecule has 9 heteroatoms. The molecule has 192 valence electrons. The first kappa shape index (κ1) is 25.2. The summed E-state index contributed by atoms with van der Waals surface area (Å²) in [5, 5.41) is 4.82. The number of benzene rings is 2. The summed E-state index contributed by atoms with van der Waals surface area (Å²) in [6.45, 7) is 5.41. The van der Waals surface area contributed by atoms with E-state index in [0.717, 1.165) is 68.0 Å². The van der Waals surface area contributed by atoms with Gasteiger partial charge < -0.3 is 20.1 Å². The van der Waals surface area contributed by atoms with Gasteiger partial charge in [-0.05, 0) is 63.9 Å². The number of fused-ring (bicyclic) bond motifs is 1. The van der Waals surface area contributed by atoms with E-state index in [1.54, 1.807) is 18.5 Å². The Hall–Kier alpha value is -3.46. The lowest BCUT2D eigenvalue weighted by Gasteiger charge is -2.35. The highest BCUT2D eigenvalue weighted by atomic mass is 35.5. The van der Waals surface area contributed by atoms with Gasteiger partial charge in [0.05, 0.1) is 28.8 Å². The number of H-pyrrole nitrogens is 1. The Morgan fingerprint density at radius 3 is 2.65 bits per heavy atom. The number of nitrogens with zero attached hydrogens (tertiary/aromatic N) is 5. The lowest BCUT2D eigenvalue weighted by molar-refractivity contribution is 0.0634. The second-order valence-electron chi connectivity index (χ2n) is 9.67. The second kappa shape index (κ2) is 11.3. The molecule has 1 amide bonds. The summed E-state index contributed by atoms with van der Waals surface area (Å²) in [6, 6.07) is 15.5. The Labute approximate surface area is 222 Å². The first-order valence-corrected chi connectivity index (χ1v) is 13.0. The molecule has 4 aromatic rings. The van der Waals surface area contributed by atoms with E-state index in [-0.39, 0.29) is 5.91 Å². The normalized spacial score (nSPS) is 14.4. The highest BCUT2D eigenvalue weighted by Gasteiger charge is 2.22. The highest BCUT2D eigenvalue weighted by molar-refractivity contribution is 6.33. The van der Waals surface area contributed by atoms with Gasteiger partial charge in [0.25, 0.3) is 5.91 Å². The summed E-state index contributed by atoms with van der Waals surface area (Å²) >= 11 is 6.58. The Bertz CT molecular complexity index is 1340. The van der Waals surface area contributed by atoms with Gasteiger partial charge in [0.1, 0.15) is 11.5 Å². The molecule has 0 aliphatic carbocycles. The Morgan fingerprint density at radius 1 is 1.08 bits per heavy atom. The predicted molar refractivity (Wildman–Crippen MR) is 150 cm³/mol. The third-order valence-electron chi connectivity index (χ3n) is 6.66. The first-order valence-electron chi connectivity index (χ1n) is 12.6. The Morgan fingerprint density at radius 2 is 1.89 bits per heavy atom. The maximum atomic E-state index is 13.1. The van der Waals surface area contributed by atoms with Crippen molar-refractivity contribution in [1.82, 2.24) is 29.7 Å². The highest BCUT2D eigenvalue weighted by Crippen LogP contribution is 2.28. The van der Waals surface area contributed by atoms with Crippen molar-refractivity contribution in [1.29, 1.82) is 0 Å². The van der Waals surface area contributed by atoms with Gasteiger partial charge in [-0.15, -0.1) is 0 Å². The van der Waals surface area contributed by atoms with Crippen LogP contribution in [-0.4, -0.2) is 88.9 Å². The average molecular weight is 518 g/mol. The van der Waals surface area contributed by atoms with E-state index in [9.17, 15) is 4.79 Å². The number of carbonyl (C=O) groups excluding carboxylic acids is 1. The van der Waals surface area contributed by atoms with Gasteiger partial charge in [0.2, 0.25) is 0 Å². The minimum Gasteiger partial charge on any atom is -0.353 e. The van der Waals surface area contributed by atoms with Crippen molar-refractivity contribution in [3.8, 4) is 11.4 Å². The third-order valence-corrected chi connectivity index (χ3v) is 6.97. The average Bonchev–Trinajstić information content (AvgIpc) is 3.34. The van der Waals surface area contributed by atoms with Gasteiger partial charge in [0, 0.05) is 42.6 Å². The number of hydrogen-bond acceptors (Lipinski definition) is 6. The number of para-hydroxylation sites is 1. The SMILES string of the molecule is CN(C)CCCN1CCN(C(=O)c2ccc(Nc3cncc(-c4cc5ccccc5[nH]4)n3)c(Cl)c2)CC1. The third kappa shape index (κ3) is 6.10. The number of aromatic nitrogens is 3. The zero-order valence-corrected chi connectivity index (χ0v) is 22.0. The van der Waals surface area contributed by atoms with Crippen molar-refractivity contribution in [2.45, 2.75) is 6.42 Å². The van der Waals surface area contributed by atoms with Crippen LogP contribution < -0.4 is 5.32 Å². The molecule has 0 saturated carbocycles. The fraction of sp³-hybridized carbons (Fsp3) is 0.321. The van der Waals surface area contributed by atoms with Crippen LogP contribution in [0, 0.1) is 0 Å². The van der Waals surface area contributed by atoms with E-state index in [0.29, 0.717) is 22.1 Å². The molecule has 0 unspecified atom stereocenters. The quantitative estimate of drug-likeness (QED) is 0.351. The van der Waals surface area contributed by atoms with E-state index >= 15 is 0 Å². The number of piperazine rings is 1. The second-order valence-corrected chi connectivity index (χ2v) is 10.1. The molecular formula is C28H32ClN7O. The summed E-state index contributed by atoms with van der Waals surface area (Å²) in [4.78, 5) is 32.1. The molecule has 2 aromatic carbocycles. The molecule has 0 bridgehead atoms. The molecule has 1 saturated heterocycles. The number of nitrogens with one attached hydrogen (secondary N) is 2. The van der Waals surface area contributed by atoms with Crippen molar-refractivity contribution in [2.75, 3.05) is 58.7 Å². The van der Waals surface area contributed by atoms with Gasteiger partial charge in [-0.2, -0.15) is 0 Å². The molecular weight excluding hydrogens is 486 g/mol. The van der Waals surface area contributed by atoms with Crippen molar-refractivity contribution in [3.05, 3.63) is 71.5 Å². The summed E-state index contributed by atoms with van der Waals surface area (Å²) in [6.07, 6.45) is 4.51. The molecule has 5 rings (SSSR count). The van der Waals surface area contributed by atoms with Crippen LogP contribution in [0.2, 0.25) is 5.02 Å². The zero-order valence-electron chi connectivity index (χ0n) is 21.2.